The van der Waals surface area contributed by atoms with Gasteiger partial charge in [-0.1, -0.05) is 0 Å². The molecule has 2 fully saturated rings. The summed E-state index contributed by atoms with van der Waals surface area (Å²) in [6.07, 6.45) is 5.86. The van der Waals surface area contributed by atoms with Crippen LogP contribution in [0.3, 0.4) is 0 Å². The minimum atomic E-state index is -0.953. The molecule has 2 saturated carbocycles. The van der Waals surface area contributed by atoms with E-state index in [1.54, 1.807) is 0 Å². The molecular formula is C20H26O3Se. The molecule has 0 bridgehead atoms. The summed E-state index contributed by atoms with van der Waals surface area (Å²) >= 11 is 0.272. The molecule has 0 saturated heterocycles. The first-order valence-corrected chi connectivity index (χ1v) is 10.7. The molecule has 0 unspecified atom stereocenters. The molecule has 0 aliphatic heterocycles. The second-order valence-electron chi connectivity index (χ2n) is 7.12. The van der Waals surface area contributed by atoms with Gasteiger partial charge in [-0.15, -0.1) is 0 Å². The van der Waals surface area contributed by atoms with E-state index in [-0.39, 0.29) is 36.9 Å². The maximum absolute atomic E-state index is 12.8. The van der Waals surface area contributed by atoms with E-state index in [2.05, 4.69) is 24.3 Å². The molecule has 0 heterocycles. The second-order valence-corrected chi connectivity index (χ2v) is 10.2. The molecule has 1 aromatic rings. The summed E-state index contributed by atoms with van der Waals surface area (Å²) in [7, 11) is 0. The molecular weight excluding hydrogens is 367 g/mol. The summed E-state index contributed by atoms with van der Waals surface area (Å²) in [5, 5.41) is 0. The van der Waals surface area contributed by atoms with Gasteiger partial charge in [-0.2, -0.15) is 0 Å². The molecule has 130 valence electrons. The van der Waals surface area contributed by atoms with E-state index in [0.717, 1.165) is 25.7 Å². The van der Waals surface area contributed by atoms with E-state index in [1.807, 2.05) is 19.9 Å². The van der Waals surface area contributed by atoms with Crippen molar-refractivity contribution in [2.45, 2.75) is 56.7 Å². The monoisotopic (exact) mass is 394 g/mol. The van der Waals surface area contributed by atoms with E-state index >= 15 is 0 Å². The predicted octanol–water partition coefficient (Wildman–Crippen LogP) is 3.30. The van der Waals surface area contributed by atoms with Crippen LogP contribution in [-0.2, 0) is 14.3 Å². The Hall–Kier alpha value is -1.12. The molecule has 3 atom stereocenters. The third-order valence-corrected chi connectivity index (χ3v) is 9.16. The Labute approximate surface area is 150 Å². The number of esters is 1. The SMILES string of the molecule is CCOC(=O)[C@@]1(C)C(=O)CC[C@@]2([Se]c3ccccc3)CCCC[C@@H]21. The zero-order chi connectivity index (χ0) is 17.2. The van der Waals surface area contributed by atoms with Crippen LogP contribution in [0.2, 0.25) is 4.31 Å². The van der Waals surface area contributed by atoms with Gasteiger partial charge in [-0.05, 0) is 0 Å². The fourth-order valence-corrected chi connectivity index (χ4v) is 8.12. The summed E-state index contributed by atoms with van der Waals surface area (Å²) in [5.74, 6) is -0.0820. The summed E-state index contributed by atoms with van der Waals surface area (Å²) in [4.78, 5) is 25.5. The van der Waals surface area contributed by atoms with Crippen molar-refractivity contribution in [3.8, 4) is 0 Å². The fraction of sp³-hybridized carbons (Fsp3) is 0.600. The molecule has 1 aromatic carbocycles. The topological polar surface area (TPSA) is 43.4 Å². The van der Waals surface area contributed by atoms with E-state index in [0.29, 0.717) is 13.0 Å². The Balaban J connectivity index is 1.97. The second kappa shape index (κ2) is 7.01. The first-order valence-electron chi connectivity index (χ1n) is 8.97. The molecule has 3 rings (SSSR count). The number of benzene rings is 1. The zero-order valence-corrected chi connectivity index (χ0v) is 16.3. The van der Waals surface area contributed by atoms with E-state index in [9.17, 15) is 9.59 Å². The van der Waals surface area contributed by atoms with Gasteiger partial charge in [0, 0.05) is 0 Å². The number of hydrogen-bond donors (Lipinski definition) is 0. The van der Waals surface area contributed by atoms with Crippen LogP contribution in [0.4, 0.5) is 0 Å². The first-order chi connectivity index (χ1) is 11.5. The molecule has 2 aliphatic rings. The third-order valence-electron chi connectivity index (χ3n) is 5.79. The molecule has 0 radical (unpaired) electrons. The summed E-state index contributed by atoms with van der Waals surface area (Å²) in [6.45, 7) is 4.01. The Kier molecular flexibility index (Phi) is 5.17. The van der Waals surface area contributed by atoms with Gasteiger partial charge >= 0.3 is 150 Å². The van der Waals surface area contributed by atoms with Crippen molar-refractivity contribution in [3.63, 3.8) is 0 Å². The maximum atomic E-state index is 12.8. The molecule has 0 amide bonds. The van der Waals surface area contributed by atoms with Crippen LogP contribution < -0.4 is 4.46 Å². The van der Waals surface area contributed by atoms with Gasteiger partial charge in [0.05, 0.1) is 0 Å². The van der Waals surface area contributed by atoms with Gasteiger partial charge in [0.2, 0.25) is 0 Å². The Morgan fingerprint density at radius 2 is 2.00 bits per heavy atom. The van der Waals surface area contributed by atoms with E-state index in [1.165, 1.54) is 10.9 Å². The van der Waals surface area contributed by atoms with Crippen LogP contribution in [-0.4, -0.2) is 33.3 Å². The summed E-state index contributed by atoms with van der Waals surface area (Å²) in [5.41, 5.74) is -0.953. The Bertz CT molecular complexity index is 615. The fourth-order valence-electron chi connectivity index (χ4n) is 4.54. The van der Waals surface area contributed by atoms with E-state index < -0.39 is 5.41 Å². The number of fused-ring (bicyclic) bond motifs is 1. The number of Topliss-reactive ketones (excluding diaryl/α,β-unsaturated/α-hetero) is 1. The van der Waals surface area contributed by atoms with Gasteiger partial charge in [0.1, 0.15) is 0 Å². The molecule has 0 N–H and O–H groups in total. The van der Waals surface area contributed by atoms with Crippen LogP contribution in [0.1, 0.15) is 52.4 Å². The van der Waals surface area contributed by atoms with Crippen LogP contribution in [0.15, 0.2) is 30.3 Å². The van der Waals surface area contributed by atoms with Crippen molar-refractivity contribution in [2.75, 3.05) is 6.61 Å². The molecule has 0 spiro atoms. The van der Waals surface area contributed by atoms with Gasteiger partial charge in [-0.25, -0.2) is 0 Å². The molecule has 4 heteroatoms. The summed E-state index contributed by atoms with van der Waals surface area (Å²) in [6, 6.07) is 10.6. The van der Waals surface area contributed by atoms with Crippen molar-refractivity contribution < 1.29 is 14.3 Å². The summed E-state index contributed by atoms with van der Waals surface area (Å²) < 4.78 is 6.83. The van der Waals surface area contributed by atoms with Crippen molar-refractivity contribution in [3.05, 3.63) is 30.3 Å². The minimum absolute atomic E-state index is 0.0901. The first kappa shape index (κ1) is 17.7. The van der Waals surface area contributed by atoms with Gasteiger partial charge < -0.3 is 0 Å². The average molecular weight is 393 g/mol. The molecule has 2 aliphatic carbocycles. The van der Waals surface area contributed by atoms with Crippen LogP contribution in [0.25, 0.3) is 0 Å². The third kappa shape index (κ3) is 2.95. The number of carbonyl (C=O) groups is 2. The Morgan fingerprint density at radius 1 is 1.25 bits per heavy atom. The quantitative estimate of drug-likeness (QED) is 0.448. The van der Waals surface area contributed by atoms with Crippen molar-refractivity contribution in [1.82, 2.24) is 0 Å². The van der Waals surface area contributed by atoms with Crippen molar-refractivity contribution in [1.29, 1.82) is 0 Å². The normalized spacial score (nSPS) is 32.9. The van der Waals surface area contributed by atoms with Crippen LogP contribution in [0, 0.1) is 11.3 Å². The number of rotatable bonds is 4. The van der Waals surface area contributed by atoms with E-state index in [4.69, 9.17) is 4.74 Å². The molecule has 0 aromatic heterocycles. The number of carbonyl (C=O) groups excluding carboxylic acids is 2. The van der Waals surface area contributed by atoms with Crippen molar-refractivity contribution >= 4 is 31.2 Å². The number of hydrogen-bond acceptors (Lipinski definition) is 3. The number of ketones is 1. The van der Waals surface area contributed by atoms with Crippen LogP contribution >= 0.6 is 0 Å². The van der Waals surface area contributed by atoms with Gasteiger partial charge in [0.25, 0.3) is 0 Å². The van der Waals surface area contributed by atoms with Gasteiger partial charge in [0.15, 0.2) is 0 Å². The Morgan fingerprint density at radius 3 is 2.71 bits per heavy atom. The standard InChI is InChI=1S/C20H26O3Se/c1-3-23-18(22)19(2)16-11-7-8-13-20(16,14-12-17(19)21)24-15-9-5-4-6-10-15/h4-6,9-10,16H,3,7-8,11-14H2,1-2H3/t16-,19-,20+/m1/s1. The molecule has 3 nitrogen and oxygen atoms in total. The molecule has 24 heavy (non-hydrogen) atoms. The predicted molar refractivity (Wildman–Crippen MR) is 95.5 cm³/mol. The zero-order valence-electron chi connectivity index (χ0n) is 14.5. The number of ether oxygens (including phenoxy) is 1. The average Bonchev–Trinajstić information content (AvgIpc) is 2.60. The van der Waals surface area contributed by atoms with Crippen LogP contribution in [0.5, 0.6) is 0 Å². The van der Waals surface area contributed by atoms with Crippen molar-refractivity contribution in [2.24, 2.45) is 11.3 Å². The van der Waals surface area contributed by atoms with Gasteiger partial charge in [-0.3, -0.25) is 0 Å².